The van der Waals surface area contributed by atoms with E-state index in [4.69, 9.17) is 9.47 Å². The molecule has 0 amide bonds. The van der Waals surface area contributed by atoms with Gasteiger partial charge in [0.2, 0.25) is 0 Å². The molecule has 3 heteroatoms. The highest BCUT2D eigenvalue weighted by Crippen LogP contribution is 2.08. The molecule has 0 fully saturated rings. The lowest BCUT2D eigenvalue weighted by Gasteiger charge is -2.16. The van der Waals surface area contributed by atoms with Crippen LogP contribution in [0, 0.1) is 5.92 Å². The zero-order valence-electron chi connectivity index (χ0n) is 8.18. The number of ether oxygens (including phenoxy) is 2. The van der Waals surface area contributed by atoms with E-state index in [-0.39, 0.29) is 6.10 Å². The molecule has 0 aromatic rings. The molecule has 0 radical (unpaired) electrons. The third kappa shape index (κ3) is 5.98. The number of halogens is 1. The molecule has 0 aliphatic rings. The quantitative estimate of drug-likeness (QED) is 0.635. The lowest BCUT2D eigenvalue weighted by Crippen LogP contribution is -2.20. The summed E-state index contributed by atoms with van der Waals surface area (Å²) in [6, 6.07) is 0. The Kier molecular flexibility index (Phi) is 8.29. The van der Waals surface area contributed by atoms with E-state index in [1.54, 1.807) is 7.11 Å². The summed E-state index contributed by atoms with van der Waals surface area (Å²) >= 11 is 3.45. The van der Waals surface area contributed by atoms with Crippen LogP contribution in [0.3, 0.4) is 0 Å². The van der Waals surface area contributed by atoms with E-state index in [1.165, 1.54) is 0 Å². The third-order valence-corrected chi connectivity index (χ3v) is 2.73. The largest absolute Gasteiger partial charge is 0.382 e. The molecular weight excluding hydrogens is 220 g/mol. The maximum atomic E-state index is 5.57. The molecule has 0 bridgehead atoms. The molecule has 2 atom stereocenters. The maximum absolute atomic E-state index is 5.57. The van der Waals surface area contributed by atoms with Crippen molar-refractivity contribution in [3.63, 3.8) is 0 Å². The monoisotopic (exact) mass is 238 g/mol. The summed E-state index contributed by atoms with van der Waals surface area (Å²) in [5, 5.41) is 1.02. The van der Waals surface area contributed by atoms with Crippen molar-refractivity contribution in [2.24, 2.45) is 5.92 Å². The normalized spacial score (nSPS) is 16.0. The van der Waals surface area contributed by atoms with Crippen molar-refractivity contribution >= 4 is 15.9 Å². The SMILES string of the molecule is CCC(CBr)COC(C)COC. The molecule has 0 aliphatic carbocycles. The summed E-state index contributed by atoms with van der Waals surface area (Å²) < 4.78 is 10.5. The van der Waals surface area contributed by atoms with Crippen molar-refractivity contribution in [2.75, 3.05) is 25.7 Å². The van der Waals surface area contributed by atoms with E-state index in [0.29, 0.717) is 12.5 Å². The van der Waals surface area contributed by atoms with Crippen LogP contribution in [0.5, 0.6) is 0 Å². The van der Waals surface area contributed by atoms with Gasteiger partial charge in [0.1, 0.15) is 0 Å². The van der Waals surface area contributed by atoms with E-state index in [9.17, 15) is 0 Å². The van der Waals surface area contributed by atoms with Gasteiger partial charge >= 0.3 is 0 Å². The van der Waals surface area contributed by atoms with Gasteiger partial charge in [-0.25, -0.2) is 0 Å². The second-order valence-corrected chi connectivity index (χ2v) is 3.68. The standard InChI is InChI=1S/C9H19BrO2/c1-4-9(5-10)7-12-8(2)6-11-3/h8-9H,4-7H2,1-3H3. The first kappa shape index (κ1) is 12.4. The van der Waals surface area contributed by atoms with Crippen LogP contribution in [0.15, 0.2) is 0 Å². The summed E-state index contributed by atoms with van der Waals surface area (Å²) in [6.07, 6.45) is 1.37. The Bertz CT molecular complexity index is 94.5. The van der Waals surface area contributed by atoms with Gasteiger partial charge in [-0.15, -0.1) is 0 Å². The second kappa shape index (κ2) is 8.02. The number of alkyl halides is 1. The molecule has 12 heavy (non-hydrogen) atoms. The minimum Gasteiger partial charge on any atom is -0.382 e. The Labute approximate surface area is 83.8 Å². The molecule has 0 saturated heterocycles. The summed E-state index contributed by atoms with van der Waals surface area (Å²) in [7, 11) is 1.70. The molecule has 0 spiro atoms. The molecule has 0 aliphatic heterocycles. The first-order valence-electron chi connectivity index (χ1n) is 4.41. The number of hydrogen-bond acceptors (Lipinski definition) is 2. The fourth-order valence-electron chi connectivity index (χ4n) is 0.855. The van der Waals surface area contributed by atoms with Crippen molar-refractivity contribution < 1.29 is 9.47 Å². The summed E-state index contributed by atoms with van der Waals surface area (Å²) in [6.45, 7) is 5.71. The first-order chi connectivity index (χ1) is 5.74. The average molecular weight is 239 g/mol. The van der Waals surface area contributed by atoms with Crippen LogP contribution in [0.2, 0.25) is 0 Å². The van der Waals surface area contributed by atoms with Crippen LogP contribution in [0.4, 0.5) is 0 Å². The van der Waals surface area contributed by atoms with Crippen molar-refractivity contribution in [1.29, 1.82) is 0 Å². The molecule has 0 aromatic carbocycles. The summed E-state index contributed by atoms with van der Waals surface area (Å²) in [4.78, 5) is 0. The molecule has 0 heterocycles. The Morgan fingerprint density at radius 2 is 2.00 bits per heavy atom. The van der Waals surface area contributed by atoms with Gasteiger partial charge in [-0.3, -0.25) is 0 Å². The first-order valence-corrected chi connectivity index (χ1v) is 5.53. The average Bonchev–Trinajstić information content (AvgIpc) is 2.07. The predicted molar refractivity (Wildman–Crippen MR) is 54.9 cm³/mol. The molecule has 0 saturated carbocycles. The van der Waals surface area contributed by atoms with E-state index < -0.39 is 0 Å². The van der Waals surface area contributed by atoms with Gasteiger partial charge in [0.15, 0.2) is 0 Å². The van der Waals surface area contributed by atoms with Crippen LogP contribution in [0.25, 0.3) is 0 Å². The number of rotatable bonds is 7. The number of hydrogen-bond donors (Lipinski definition) is 0. The van der Waals surface area contributed by atoms with Crippen molar-refractivity contribution in [3.05, 3.63) is 0 Å². The molecule has 0 N–H and O–H groups in total. The van der Waals surface area contributed by atoms with Gasteiger partial charge in [-0.2, -0.15) is 0 Å². The minimum atomic E-state index is 0.211. The summed E-state index contributed by atoms with van der Waals surface area (Å²) in [5.41, 5.74) is 0. The molecule has 0 aromatic heterocycles. The van der Waals surface area contributed by atoms with Crippen LogP contribution in [0.1, 0.15) is 20.3 Å². The minimum absolute atomic E-state index is 0.211. The van der Waals surface area contributed by atoms with Gasteiger partial charge in [-0.1, -0.05) is 29.3 Å². The van der Waals surface area contributed by atoms with E-state index in [0.717, 1.165) is 18.4 Å². The fourth-order valence-corrected chi connectivity index (χ4v) is 1.50. The van der Waals surface area contributed by atoms with Gasteiger partial charge < -0.3 is 9.47 Å². The Morgan fingerprint density at radius 1 is 1.33 bits per heavy atom. The highest BCUT2D eigenvalue weighted by Gasteiger charge is 2.07. The fraction of sp³-hybridized carbons (Fsp3) is 1.00. The molecule has 2 nitrogen and oxygen atoms in total. The van der Waals surface area contributed by atoms with E-state index in [2.05, 4.69) is 22.9 Å². The predicted octanol–water partition coefficient (Wildman–Crippen LogP) is 2.46. The summed E-state index contributed by atoms with van der Waals surface area (Å²) in [5.74, 6) is 0.629. The zero-order chi connectivity index (χ0) is 9.40. The topological polar surface area (TPSA) is 18.5 Å². The highest BCUT2D eigenvalue weighted by molar-refractivity contribution is 9.09. The van der Waals surface area contributed by atoms with Gasteiger partial charge in [-0.05, 0) is 12.8 Å². The van der Waals surface area contributed by atoms with Crippen LogP contribution in [-0.4, -0.2) is 31.8 Å². The Balaban J connectivity index is 3.37. The molecular formula is C9H19BrO2. The Morgan fingerprint density at radius 3 is 2.42 bits per heavy atom. The smallest absolute Gasteiger partial charge is 0.0780 e. The van der Waals surface area contributed by atoms with Gasteiger partial charge in [0, 0.05) is 12.4 Å². The van der Waals surface area contributed by atoms with Crippen molar-refractivity contribution in [1.82, 2.24) is 0 Å². The second-order valence-electron chi connectivity index (χ2n) is 3.03. The molecule has 0 rings (SSSR count). The lowest BCUT2D eigenvalue weighted by atomic mass is 10.1. The van der Waals surface area contributed by atoms with E-state index >= 15 is 0 Å². The maximum Gasteiger partial charge on any atom is 0.0780 e. The van der Waals surface area contributed by atoms with Crippen LogP contribution >= 0.6 is 15.9 Å². The van der Waals surface area contributed by atoms with E-state index in [1.807, 2.05) is 6.92 Å². The lowest BCUT2D eigenvalue weighted by molar-refractivity contribution is -0.00396. The van der Waals surface area contributed by atoms with Crippen molar-refractivity contribution in [3.8, 4) is 0 Å². The van der Waals surface area contributed by atoms with Gasteiger partial charge in [0.05, 0.1) is 19.3 Å². The number of methoxy groups -OCH3 is 1. The highest BCUT2D eigenvalue weighted by atomic mass is 79.9. The van der Waals surface area contributed by atoms with Crippen LogP contribution < -0.4 is 0 Å². The zero-order valence-corrected chi connectivity index (χ0v) is 9.76. The van der Waals surface area contributed by atoms with Crippen molar-refractivity contribution in [2.45, 2.75) is 26.4 Å². The Hall–Kier alpha value is 0.400. The molecule has 74 valence electrons. The molecule has 2 unspecified atom stereocenters. The van der Waals surface area contributed by atoms with Gasteiger partial charge in [0.25, 0.3) is 0 Å². The third-order valence-electron chi connectivity index (χ3n) is 1.81. The van der Waals surface area contributed by atoms with Crippen LogP contribution in [-0.2, 0) is 9.47 Å².